The number of nitrogens with zero attached hydrogens (tertiary/aromatic N) is 2. The summed E-state index contributed by atoms with van der Waals surface area (Å²) in [5.41, 5.74) is 8.53. The molecule has 2 aromatic heterocycles. The highest BCUT2D eigenvalue weighted by atomic mass is 32.1. The Morgan fingerprint density at radius 3 is 2.61 bits per heavy atom. The molecule has 18 heavy (non-hydrogen) atoms. The minimum Gasteiger partial charge on any atom is -0.329 e. The van der Waals surface area contributed by atoms with E-state index in [0.29, 0.717) is 6.54 Å². The lowest BCUT2D eigenvalue weighted by atomic mass is 10.1. The molecule has 0 saturated heterocycles. The van der Waals surface area contributed by atoms with Gasteiger partial charge < -0.3 is 5.73 Å². The van der Waals surface area contributed by atoms with E-state index in [4.69, 9.17) is 5.73 Å². The van der Waals surface area contributed by atoms with E-state index in [-0.39, 0.29) is 6.04 Å². The molecule has 0 bridgehead atoms. The molecular formula is C14H19N3S. The molecule has 0 aromatic carbocycles. The number of hydrogen-bond acceptors (Lipinski definition) is 4. The first-order valence-electron chi connectivity index (χ1n) is 6.05. The van der Waals surface area contributed by atoms with Crippen LogP contribution in [0.2, 0.25) is 0 Å². The van der Waals surface area contributed by atoms with E-state index in [0.717, 1.165) is 6.54 Å². The summed E-state index contributed by atoms with van der Waals surface area (Å²) in [5, 5.41) is 2.13. The van der Waals surface area contributed by atoms with Gasteiger partial charge in [0.05, 0.1) is 6.04 Å². The van der Waals surface area contributed by atoms with E-state index in [1.54, 1.807) is 11.3 Å². The van der Waals surface area contributed by atoms with E-state index in [1.807, 2.05) is 24.5 Å². The average molecular weight is 261 g/mol. The van der Waals surface area contributed by atoms with Crippen molar-refractivity contribution in [1.29, 1.82) is 0 Å². The van der Waals surface area contributed by atoms with Crippen LogP contribution in [0.25, 0.3) is 0 Å². The molecule has 96 valence electrons. The lowest BCUT2D eigenvalue weighted by Gasteiger charge is -2.26. The average Bonchev–Trinajstić information content (AvgIpc) is 2.78. The third-order valence-corrected chi connectivity index (χ3v) is 4.26. The second kappa shape index (κ2) is 6.09. The summed E-state index contributed by atoms with van der Waals surface area (Å²) >= 11 is 1.79. The monoisotopic (exact) mass is 261 g/mol. The molecule has 3 nitrogen and oxygen atoms in total. The molecule has 4 heteroatoms. The molecule has 0 radical (unpaired) electrons. The van der Waals surface area contributed by atoms with E-state index in [1.165, 1.54) is 16.0 Å². The van der Waals surface area contributed by atoms with Crippen LogP contribution in [0.3, 0.4) is 0 Å². The van der Waals surface area contributed by atoms with Crippen LogP contribution in [-0.2, 0) is 6.54 Å². The third-order valence-electron chi connectivity index (χ3n) is 3.14. The summed E-state index contributed by atoms with van der Waals surface area (Å²) in [6.45, 7) is 3.68. The van der Waals surface area contributed by atoms with Gasteiger partial charge in [0.2, 0.25) is 0 Å². The van der Waals surface area contributed by atoms with Crippen molar-refractivity contribution in [2.24, 2.45) is 5.73 Å². The second-order valence-electron chi connectivity index (χ2n) is 4.49. The van der Waals surface area contributed by atoms with E-state index >= 15 is 0 Å². The fourth-order valence-corrected chi connectivity index (χ4v) is 3.21. The minimum atomic E-state index is 0.290. The normalized spacial score (nSPS) is 12.9. The Balaban J connectivity index is 2.11. The molecule has 0 saturated carbocycles. The fourth-order valence-electron chi connectivity index (χ4n) is 2.10. The molecule has 1 unspecified atom stereocenters. The molecule has 1 atom stereocenters. The lowest BCUT2D eigenvalue weighted by Crippen LogP contribution is -2.30. The first-order valence-corrected chi connectivity index (χ1v) is 6.93. The van der Waals surface area contributed by atoms with Crippen molar-refractivity contribution in [2.75, 3.05) is 13.6 Å². The van der Waals surface area contributed by atoms with Crippen molar-refractivity contribution in [2.45, 2.75) is 19.5 Å². The van der Waals surface area contributed by atoms with Crippen molar-refractivity contribution in [3.8, 4) is 0 Å². The zero-order valence-corrected chi connectivity index (χ0v) is 11.7. The SMILES string of the molecule is Cc1ccsc1C(CN)N(C)Cc1ccncc1. The van der Waals surface area contributed by atoms with Crippen molar-refractivity contribution in [3.05, 3.63) is 52.0 Å². The maximum Gasteiger partial charge on any atom is 0.0567 e. The van der Waals surface area contributed by atoms with Gasteiger partial charge in [-0.05, 0) is 48.7 Å². The van der Waals surface area contributed by atoms with Gasteiger partial charge in [0.15, 0.2) is 0 Å². The van der Waals surface area contributed by atoms with Crippen molar-refractivity contribution < 1.29 is 0 Å². The highest BCUT2D eigenvalue weighted by Crippen LogP contribution is 2.28. The Morgan fingerprint density at radius 2 is 2.06 bits per heavy atom. The zero-order chi connectivity index (χ0) is 13.0. The number of aryl methyl sites for hydroxylation is 1. The maximum atomic E-state index is 5.94. The van der Waals surface area contributed by atoms with Crippen LogP contribution in [0.15, 0.2) is 36.0 Å². The molecule has 2 rings (SSSR count). The fraction of sp³-hybridized carbons (Fsp3) is 0.357. The molecule has 0 aliphatic heterocycles. The highest BCUT2D eigenvalue weighted by molar-refractivity contribution is 7.10. The van der Waals surface area contributed by atoms with Crippen molar-refractivity contribution in [1.82, 2.24) is 9.88 Å². The van der Waals surface area contributed by atoms with E-state index in [2.05, 4.69) is 35.3 Å². The van der Waals surface area contributed by atoms with Crippen LogP contribution in [0.1, 0.15) is 22.0 Å². The second-order valence-corrected chi connectivity index (χ2v) is 5.44. The van der Waals surface area contributed by atoms with Gasteiger partial charge in [-0.25, -0.2) is 0 Å². The summed E-state index contributed by atoms with van der Waals surface area (Å²) < 4.78 is 0. The number of hydrogen-bond donors (Lipinski definition) is 1. The van der Waals surface area contributed by atoms with Crippen LogP contribution >= 0.6 is 11.3 Å². The zero-order valence-electron chi connectivity index (χ0n) is 10.8. The number of pyridine rings is 1. The Bertz CT molecular complexity index is 481. The summed E-state index contributed by atoms with van der Waals surface area (Å²) in [4.78, 5) is 7.71. The van der Waals surface area contributed by atoms with Crippen molar-refractivity contribution >= 4 is 11.3 Å². The Morgan fingerprint density at radius 1 is 1.33 bits per heavy atom. The van der Waals surface area contributed by atoms with Gasteiger partial charge in [-0.15, -0.1) is 11.3 Å². The number of nitrogens with two attached hydrogens (primary N) is 1. The van der Waals surface area contributed by atoms with E-state index in [9.17, 15) is 0 Å². The smallest absolute Gasteiger partial charge is 0.0567 e. The summed E-state index contributed by atoms with van der Waals surface area (Å²) in [7, 11) is 2.12. The van der Waals surface area contributed by atoms with Gasteiger partial charge in [0.1, 0.15) is 0 Å². The van der Waals surface area contributed by atoms with Gasteiger partial charge >= 0.3 is 0 Å². The van der Waals surface area contributed by atoms with Gasteiger partial charge in [-0.3, -0.25) is 9.88 Å². The first kappa shape index (κ1) is 13.2. The van der Waals surface area contributed by atoms with E-state index < -0.39 is 0 Å². The van der Waals surface area contributed by atoms with Gasteiger partial charge in [0.25, 0.3) is 0 Å². The Kier molecular flexibility index (Phi) is 4.47. The Hall–Kier alpha value is -1.23. The quantitative estimate of drug-likeness (QED) is 0.899. The summed E-state index contributed by atoms with van der Waals surface area (Å²) in [6, 6.07) is 6.54. The number of thiophene rings is 1. The molecule has 0 aliphatic rings. The van der Waals surface area contributed by atoms with Crippen LogP contribution in [0, 0.1) is 6.92 Å². The number of rotatable bonds is 5. The molecule has 2 heterocycles. The Labute approximate surface area is 112 Å². The lowest BCUT2D eigenvalue weighted by molar-refractivity contribution is 0.244. The maximum absolute atomic E-state index is 5.94. The van der Waals surface area contributed by atoms with Gasteiger partial charge in [-0.1, -0.05) is 0 Å². The summed E-state index contributed by atoms with van der Waals surface area (Å²) in [6.07, 6.45) is 3.66. The predicted octanol–water partition coefficient (Wildman–Crippen LogP) is 2.58. The standard InChI is InChI=1S/C14H19N3S/c1-11-5-8-18-14(11)13(9-15)17(2)10-12-3-6-16-7-4-12/h3-8,13H,9-10,15H2,1-2H3. The number of aromatic nitrogens is 1. The van der Waals surface area contributed by atoms with Crippen LogP contribution < -0.4 is 5.73 Å². The molecular weight excluding hydrogens is 242 g/mol. The first-order chi connectivity index (χ1) is 8.72. The van der Waals surface area contributed by atoms with Crippen molar-refractivity contribution in [3.63, 3.8) is 0 Å². The van der Waals surface area contributed by atoms with Gasteiger partial charge in [-0.2, -0.15) is 0 Å². The minimum absolute atomic E-state index is 0.290. The molecule has 0 aliphatic carbocycles. The summed E-state index contributed by atoms with van der Waals surface area (Å²) in [5.74, 6) is 0. The predicted molar refractivity (Wildman–Crippen MR) is 76.6 cm³/mol. The van der Waals surface area contributed by atoms with Crippen LogP contribution in [0.5, 0.6) is 0 Å². The number of likely N-dealkylation sites (N-methyl/N-ethyl adjacent to an activating group) is 1. The largest absolute Gasteiger partial charge is 0.329 e. The van der Waals surface area contributed by atoms with Crippen LogP contribution in [0.4, 0.5) is 0 Å². The topological polar surface area (TPSA) is 42.1 Å². The molecule has 0 spiro atoms. The van der Waals surface area contributed by atoms with Gasteiger partial charge in [0, 0.05) is 30.4 Å². The third kappa shape index (κ3) is 2.96. The molecule has 2 aromatic rings. The molecule has 2 N–H and O–H groups in total. The van der Waals surface area contributed by atoms with Crippen LogP contribution in [-0.4, -0.2) is 23.5 Å². The molecule has 0 fully saturated rings. The highest BCUT2D eigenvalue weighted by Gasteiger charge is 2.18. The molecule has 0 amide bonds.